The molecule has 0 bridgehead atoms. The van der Waals surface area contributed by atoms with E-state index in [-0.39, 0.29) is 16.3 Å². The van der Waals surface area contributed by atoms with Crippen LogP contribution < -0.4 is 0 Å². The van der Waals surface area contributed by atoms with Crippen molar-refractivity contribution in [3.05, 3.63) is 69.7 Å². The van der Waals surface area contributed by atoms with Crippen LogP contribution in [0.4, 0.5) is 4.39 Å². The minimum atomic E-state index is -0.394. The van der Waals surface area contributed by atoms with Crippen LogP contribution in [0, 0.1) is 5.82 Å². The van der Waals surface area contributed by atoms with Crippen molar-refractivity contribution < 1.29 is 13.6 Å². The summed E-state index contributed by atoms with van der Waals surface area (Å²) in [5.41, 5.74) is 0.687. The summed E-state index contributed by atoms with van der Waals surface area (Å²) in [7, 11) is 0. The van der Waals surface area contributed by atoms with Crippen molar-refractivity contribution in [2.24, 2.45) is 0 Å². The van der Waals surface area contributed by atoms with E-state index in [9.17, 15) is 9.18 Å². The molecule has 2 nitrogen and oxygen atoms in total. The Kier molecular flexibility index (Phi) is 3.24. The maximum atomic E-state index is 13.1. The van der Waals surface area contributed by atoms with Crippen molar-refractivity contribution in [3.8, 4) is 0 Å². The lowest BCUT2D eigenvalue weighted by Gasteiger charge is -2.02. The van der Waals surface area contributed by atoms with Gasteiger partial charge in [-0.15, -0.1) is 0 Å². The number of halogens is 3. The van der Waals surface area contributed by atoms with Gasteiger partial charge in [-0.25, -0.2) is 4.39 Å². The lowest BCUT2D eigenvalue weighted by Crippen LogP contribution is -2.00. The van der Waals surface area contributed by atoms with Gasteiger partial charge in [0.25, 0.3) is 0 Å². The maximum absolute atomic E-state index is 13.1. The van der Waals surface area contributed by atoms with Gasteiger partial charge in [0, 0.05) is 10.9 Å². The lowest BCUT2D eigenvalue weighted by molar-refractivity contribution is 0.101. The van der Waals surface area contributed by atoms with Crippen LogP contribution in [0.1, 0.15) is 16.1 Å². The van der Waals surface area contributed by atoms with E-state index in [1.165, 1.54) is 24.3 Å². The van der Waals surface area contributed by atoms with E-state index in [4.69, 9.17) is 27.6 Å². The predicted octanol–water partition coefficient (Wildman–Crippen LogP) is 5.11. The van der Waals surface area contributed by atoms with Crippen LogP contribution in [0.15, 0.2) is 46.9 Å². The molecule has 0 N–H and O–H groups in total. The Bertz CT molecular complexity index is 824. The SMILES string of the molecule is O=C(c1cc2cc(F)ccc2o1)c1cccc(Cl)c1Cl. The van der Waals surface area contributed by atoms with Crippen molar-refractivity contribution in [2.45, 2.75) is 0 Å². The normalized spacial score (nSPS) is 10.9. The molecule has 0 spiro atoms. The van der Waals surface area contributed by atoms with Gasteiger partial charge < -0.3 is 4.42 Å². The number of hydrogen-bond acceptors (Lipinski definition) is 2. The van der Waals surface area contributed by atoms with Crippen molar-refractivity contribution >= 4 is 40.0 Å². The van der Waals surface area contributed by atoms with E-state index in [0.29, 0.717) is 16.0 Å². The molecule has 2 aromatic carbocycles. The van der Waals surface area contributed by atoms with Crippen LogP contribution in [0.2, 0.25) is 10.0 Å². The number of rotatable bonds is 2. The third-order valence-corrected chi connectivity index (χ3v) is 3.72. The molecule has 0 atom stereocenters. The summed E-state index contributed by atoms with van der Waals surface area (Å²) in [5.74, 6) is -0.693. The van der Waals surface area contributed by atoms with Gasteiger partial charge in [0.15, 0.2) is 5.76 Å². The fourth-order valence-corrected chi connectivity index (χ4v) is 2.32. The molecule has 0 fully saturated rings. The molecule has 0 aliphatic rings. The summed E-state index contributed by atoms with van der Waals surface area (Å²) >= 11 is 11.9. The molecule has 0 amide bonds. The fourth-order valence-electron chi connectivity index (χ4n) is 1.94. The third-order valence-electron chi connectivity index (χ3n) is 2.90. The average molecular weight is 309 g/mol. The molecule has 1 heterocycles. The molecule has 0 unspecified atom stereocenters. The summed E-state index contributed by atoms with van der Waals surface area (Å²) in [6.45, 7) is 0. The highest BCUT2D eigenvalue weighted by molar-refractivity contribution is 6.44. The number of hydrogen-bond donors (Lipinski definition) is 0. The van der Waals surface area contributed by atoms with E-state index in [1.807, 2.05) is 0 Å². The molecule has 0 saturated heterocycles. The minimum absolute atomic E-state index is 0.0924. The first kappa shape index (κ1) is 13.2. The molecule has 5 heteroatoms. The van der Waals surface area contributed by atoms with E-state index in [1.54, 1.807) is 18.2 Å². The maximum Gasteiger partial charge on any atom is 0.229 e. The summed E-state index contributed by atoms with van der Waals surface area (Å²) in [4.78, 5) is 12.3. The number of fused-ring (bicyclic) bond motifs is 1. The molecule has 3 aromatic rings. The zero-order valence-corrected chi connectivity index (χ0v) is 11.5. The molecule has 20 heavy (non-hydrogen) atoms. The first-order chi connectivity index (χ1) is 9.56. The van der Waals surface area contributed by atoms with Gasteiger partial charge in [0.2, 0.25) is 5.78 Å². The molecule has 0 aliphatic heterocycles. The zero-order chi connectivity index (χ0) is 14.3. The van der Waals surface area contributed by atoms with Gasteiger partial charge in [-0.1, -0.05) is 29.3 Å². The smallest absolute Gasteiger partial charge is 0.229 e. The van der Waals surface area contributed by atoms with E-state index < -0.39 is 11.6 Å². The summed E-state index contributed by atoms with van der Waals surface area (Å²) in [6, 6.07) is 10.3. The second kappa shape index (κ2) is 4.93. The molecular formula is C15H7Cl2FO2. The van der Waals surface area contributed by atoms with Gasteiger partial charge in [-0.3, -0.25) is 4.79 Å². The van der Waals surface area contributed by atoms with Gasteiger partial charge >= 0.3 is 0 Å². The predicted molar refractivity (Wildman–Crippen MR) is 76.1 cm³/mol. The molecule has 100 valence electrons. The van der Waals surface area contributed by atoms with E-state index >= 15 is 0 Å². The minimum Gasteiger partial charge on any atom is -0.453 e. The van der Waals surface area contributed by atoms with E-state index in [0.717, 1.165) is 0 Å². The average Bonchev–Trinajstić information content (AvgIpc) is 2.84. The molecule has 3 rings (SSSR count). The molecule has 0 radical (unpaired) electrons. The van der Waals surface area contributed by atoms with Gasteiger partial charge in [-0.05, 0) is 36.4 Å². The van der Waals surface area contributed by atoms with Crippen LogP contribution in [0.3, 0.4) is 0 Å². The molecular weight excluding hydrogens is 302 g/mol. The number of ketones is 1. The standard InChI is InChI=1S/C15H7Cl2FO2/c16-11-3-1-2-10(14(11)17)15(19)13-7-8-6-9(18)4-5-12(8)20-13/h1-7H. The number of carbonyl (C=O) groups excluding carboxylic acids is 1. The number of benzene rings is 2. The number of carbonyl (C=O) groups is 1. The molecule has 1 aromatic heterocycles. The quantitative estimate of drug-likeness (QED) is 0.616. The Morgan fingerprint density at radius 1 is 1.10 bits per heavy atom. The molecule has 0 saturated carbocycles. The highest BCUT2D eigenvalue weighted by atomic mass is 35.5. The van der Waals surface area contributed by atoms with Crippen molar-refractivity contribution in [1.82, 2.24) is 0 Å². The monoisotopic (exact) mass is 308 g/mol. The second-order valence-electron chi connectivity index (χ2n) is 4.22. The first-order valence-corrected chi connectivity index (χ1v) is 6.49. The molecule has 0 aliphatic carbocycles. The van der Waals surface area contributed by atoms with Crippen LogP contribution >= 0.6 is 23.2 Å². The Morgan fingerprint density at radius 3 is 2.70 bits per heavy atom. The van der Waals surface area contributed by atoms with Crippen molar-refractivity contribution in [3.63, 3.8) is 0 Å². The first-order valence-electron chi connectivity index (χ1n) is 5.74. The van der Waals surface area contributed by atoms with Gasteiger partial charge in [0.05, 0.1) is 10.0 Å². The Balaban J connectivity index is 2.10. The van der Waals surface area contributed by atoms with Crippen molar-refractivity contribution in [1.29, 1.82) is 0 Å². The number of furan rings is 1. The van der Waals surface area contributed by atoms with Crippen LogP contribution in [0.25, 0.3) is 11.0 Å². The van der Waals surface area contributed by atoms with Gasteiger partial charge in [0.1, 0.15) is 11.4 Å². The summed E-state index contributed by atoms with van der Waals surface area (Å²) < 4.78 is 18.5. The summed E-state index contributed by atoms with van der Waals surface area (Å²) in [6.07, 6.45) is 0. The van der Waals surface area contributed by atoms with Crippen molar-refractivity contribution in [2.75, 3.05) is 0 Å². The fraction of sp³-hybridized carbons (Fsp3) is 0. The van der Waals surface area contributed by atoms with Gasteiger partial charge in [-0.2, -0.15) is 0 Å². The van der Waals surface area contributed by atoms with E-state index in [2.05, 4.69) is 0 Å². The third kappa shape index (κ3) is 2.19. The highest BCUT2D eigenvalue weighted by Crippen LogP contribution is 2.29. The van der Waals surface area contributed by atoms with Crippen LogP contribution in [-0.2, 0) is 0 Å². The zero-order valence-electron chi connectivity index (χ0n) is 9.99. The Labute approximate surface area is 123 Å². The highest BCUT2D eigenvalue weighted by Gasteiger charge is 2.18. The topological polar surface area (TPSA) is 30.2 Å². The Hall–Kier alpha value is -1.84. The second-order valence-corrected chi connectivity index (χ2v) is 5.01. The largest absolute Gasteiger partial charge is 0.453 e. The van der Waals surface area contributed by atoms with Crippen LogP contribution in [0.5, 0.6) is 0 Å². The lowest BCUT2D eigenvalue weighted by atomic mass is 10.1. The Morgan fingerprint density at radius 2 is 1.90 bits per heavy atom. The van der Waals surface area contributed by atoms with Crippen LogP contribution in [-0.4, -0.2) is 5.78 Å². The summed E-state index contributed by atoms with van der Waals surface area (Å²) in [5, 5.41) is 0.983.